The minimum absolute atomic E-state index is 0.196. The predicted molar refractivity (Wildman–Crippen MR) is 81.1 cm³/mol. The number of H-pyrrole nitrogens is 1. The number of hydrogen-bond donors (Lipinski definition) is 2. The molecule has 1 aromatic heterocycles. The molecule has 0 aliphatic carbocycles. The van der Waals surface area contributed by atoms with E-state index in [9.17, 15) is 4.79 Å². The Labute approximate surface area is 126 Å². The third kappa shape index (κ3) is 5.04. The summed E-state index contributed by atoms with van der Waals surface area (Å²) in [6.45, 7) is 8.15. The van der Waals surface area contributed by atoms with Crippen LogP contribution in [0.3, 0.4) is 0 Å². The summed E-state index contributed by atoms with van der Waals surface area (Å²) in [7, 11) is 0. The number of carbonyl (C=O) groups excluding carboxylic acids is 1. The van der Waals surface area contributed by atoms with E-state index in [4.69, 9.17) is 4.74 Å². The highest BCUT2D eigenvalue weighted by Crippen LogP contribution is 2.20. The van der Waals surface area contributed by atoms with Crippen molar-refractivity contribution >= 4 is 6.09 Å². The lowest BCUT2D eigenvalue weighted by Gasteiger charge is -2.28. The van der Waals surface area contributed by atoms with Gasteiger partial charge in [-0.2, -0.15) is 0 Å². The summed E-state index contributed by atoms with van der Waals surface area (Å²) in [5.41, 5.74) is -0.434. The molecule has 1 aromatic rings. The first-order valence-electron chi connectivity index (χ1n) is 7.64. The summed E-state index contributed by atoms with van der Waals surface area (Å²) in [4.78, 5) is 21.3. The fourth-order valence-electron chi connectivity index (χ4n) is 2.52. The molecule has 0 aromatic carbocycles. The molecule has 0 radical (unpaired) electrons. The van der Waals surface area contributed by atoms with Crippen LogP contribution in [-0.4, -0.2) is 52.2 Å². The lowest BCUT2D eigenvalue weighted by atomic mass is 10.2. The van der Waals surface area contributed by atoms with Gasteiger partial charge in [-0.25, -0.2) is 9.78 Å². The van der Waals surface area contributed by atoms with Crippen LogP contribution in [0.5, 0.6) is 0 Å². The summed E-state index contributed by atoms with van der Waals surface area (Å²) < 4.78 is 5.46. The fraction of sp³-hybridized carbons (Fsp3) is 0.733. The number of aromatic nitrogens is 2. The standard InChI is InChI=1S/C15H26N4O2/c1-15(2,3)21-14(20)19-10-4-5-12(19)11-16-7-6-13-17-8-9-18-13/h8-9,12,16H,4-7,10-11H2,1-3H3,(H,17,18). The van der Waals surface area contributed by atoms with Crippen molar-refractivity contribution in [3.63, 3.8) is 0 Å². The fourth-order valence-corrected chi connectivity index (χ4v) is 2.52. The van der Waals surface area contributed by atoms with Gasteiger partial charge < -0.3 is 19.9 Å². The lowest BCUT2D eigenvalue weighted by molar-refractivity contribution is 0.0227. The number of rotatable bonds is 5. The van der Waals surface area contributed by atoms with Crippen LogP contribution >= 0.6 is 0 Å². The molecule has 1 fully saturated rings. The number of nitrogens with one attached hydrogen (secondary N) is 2. The van der Waals surface area contributed by atoms with Gasteiger partial charge in [-0.15, -0.1) is 0 Å². The van der Waals surface area contributed by atoms with Crippen molar-refractivity contribution in [2.24, 2.45) is 0 Å². The highest BCUT2D eigenvalue weighted by molar-refractivity contribution is 5.69. The summed E-state index contributed by atoms with van der Waals surface area (Å²) in [5.74, 6) is 0.984. The quantitative estimate of drug-likeness (QED) is 0.814. The number of imidazole rings is 1. The van der Waals surface area contributed by atoms with E-state index in [2.05, 4.69) is 15.3 Å². The Morgan fingerprint density at radius 1 is 1.57 bits per heavy atom. The van der Waals surface area contributed by atoms with Crippen molar-refractivity contribution < 1.29 is 9.53 Å². The van der Waals surface area contributed by atoms with Crippen LogP contribution in [0, 0.1) is 0 Å². The Morgan fingerprint density at radius 2 is 2.38 bits per heavy atom. The van der Waals surface area contributed by atoms with Gasteiger partial charge in [-0.1, -0.05) is 0 Å². The predicted octanol–water partition coefficient (Wildman–Crippen LogP) is 1.94. The molecule has 1 aliphatic heterocycles. The molecule has 1 amide bonds. The molecule has 2 rings (SSSR count). The maximum atomic E-state index is 12.2. The molecule has 118 valence electrons. The minimum Gasteiger partial charge on any atom is -0.444 e. The molecule has 0 bridgehead atoms. The van der Waals surface area contributed by atoms with E-state index in [1.165, 1.54) is 0 Å². The van der Waals surface area contributed by atoms with Crippen LogP contribution in [0.4, 0.5) is 4.79 Å². The molecular formula is C15H26N4O2. The molecule has 0 spiro atoms. The summed E-state index contributed by atoms with van der Waals surface area (Å²) in [6.07, 6.45) is 6.34. The highest BCUT2D eigenvalue weighted by Gasteiger charge is 2.31. The largest absolute Gasteiger partial charge is 0.444 e. The van der Waals surface area contributed by atoms with E-state index in [0.29, 0.717) is 0 Å². The molecule has 6 nitrogen and oxygen atoms in total. The second kappa shape index (κ2) is 6.93. The second-order valence-electron chi connectivity index (χ2n) is 6.46. The average molecular weight is 294 g/mol. The Kier molecular flexibility index (Phi) is 5.22. The zero-order chi connectivity index (χ0) is 15.3. The van der Waals surface area contributed by atoms with Crippen molar-refractivity contribution in [2.75, 3.05) is 19.6 Å². The maximum absolute atomic E-state index is 12.2. The second-order valence-corrected chi connectivity index (χ2v) is 6.46. The monoisotopic (exact) mass is 294 g/mol. The van der Waals surface area contributed by atoms with Gasteiger partial charge in [0.15, 0.2) is 0 Å². The SMILES string of the molecule is CC(C)(C)OC(=O)N1CCCC1CNCCc1ncc[nH]1. The van der Waals surface area contributed by atoms with Crippen molar-refractivity contribution in [3.05, 3.63) is 18.2 Å². The van der Waals surface area contributed by atoms with E-state index in [1.54, 1.807) is 6.20 Å². The maximum Gasteiger partial charge on any atom is 0.410 e. The van der Waals surface area contributed by atoms with Gasteiger partial charge in [0.1, 0.15) is 11.4 Å². The summed E-state index contributed by atoms with van der Waals surface area (Å²) in [6, 6.07) is 0.233. The van der Waals surface area contributed by atoms with Crippen LogP contribution in [0.2, 0.25) is 0 Å². The topological polar surface area (TPSA) is 70.2 Å². The molecule has 6 heteroatoms. The first-order chi connectivity index (χ1) is 9.96. The molecular weight excluding hydrogens is 268 g/mol. The highest BCUT2D eigenvalue weighted by atomic mass is 16.6. The molecule has 1 atom stereocenters. The van der Waals surface area contributed by atoms with Crippen molar-refractivity contribution in [2.45, 2.75) is 51.7 Å². The number of likely N-dealkylation sites (tertiary alicyclic amines) is 1. The zero-order valence-electron chi connectivity index (χ0n) is 13.2. The van der Waals surface area contributed by atoms with Crippen LogP contribution < -0.4 is 5.32 Å². The zero-order valence-corrected chi connectivity index (χ0v) is 13.2. The van der Waals surface area contributed by atoms with Crippen molar-refractivity contribution in [3.8, 4) is 0 Å². The number of carbonyl (C=O) groups is 1. The van der Waals surface area contributed by atoms with Crippen molar-refractivity contribution in [1.29, 1.82) is 0 Å². The van der Waals surface area contributed by atoms with Crippen LogP contribution in [-0.2, 0) is 11.2 Å². The number of amides is 1. The Balaban J connectivity index is 1.72. The van der Waals surface area contributed by atoms with E-state index < -0.39 is 5.60 Å². The Bertz CT molecular complexity index is 439. The number of ether oxygens (including phenoxy) is 1. The van der Waals surface area contributed by atoms with E-state index in [-0.39, 0.29) is 12.1 Å². The Morgan fingerprint density at radius 3 is 3.05 bits per heavy atom. The number of hydrogen-bond acceptors (Lipinski definition) is 4. The lowest BCUT2D eigenvalue weighted by Crippen LogP contribution is -2.44. The minimum atomic E-state index is -0.434. The van der Waals surface area contributed by atoms with Crippen LogP contribution in [0.15, 0.2) is 12.4 Å². The average Bonchev–Trinajstić information content (AvgIpc) is 3.04. The molecule has 1 saturated heterocycles. The normalized spacial score (nSPS) is 19.0. The van der Waals surface area contributed by atoms with E-state index in [0.717, 1.165) is 44.7 Å². The van der Waals surface area contributed by atoms with Crippen LogP contribution in [0.25, 0.3) is 0 Å². The van der Waals surface area contributed by atoms with E-state index >= 15 is 0 Å². The smallest absolute Gasteiger partial charge is 0.410 e. The number of nitrogens with zero attached hydrogens (tertiary/aromatic N) is 2. The van der Waals surface area contributed by atoms with Gasteiger partial charge in [-0.05, 0) is 33.6 Å². The molecule has 21 heavy (non-hydrogen) atoms. The molecule has 1 unspecified atom stereocenters. The Hall–Kier alpha value is -1.56. The third-order valence-corrected chi connectivity index (χ3v) is 3.48. The summed E-state index contributed by atoms with van der Waals surface area (Å²) in [5, 5.41) is 3.40. The van der Waals surface area contributed by atoms with Gasteiger partial charge >= 0.3 is 6.09 Å². The van der Waals surface area contributed by atoms with Gasteiger partial charge in [0, 0.05) is 44.5 Å². The van der Waals surface area contributed by atoms with Gasteiger partial charge in [-0.3, -0.25) is 0 Å². The van der Waals surface area contributed by atoms with Gasteiger partial charge in [0.05, 0.1) is 0 Å². The molecule has 1 aliphatic rings. The third-order valence-electron chi connectivity index (χ3n) is 3.48. The van der Waals surface area contributed by atoms with Crippen LogP contribution in [0.1, 0.15) is 39.4 Å². The molecule has 0 saturated carbocycles. The number of aromatic amines is 1. The van der Waals surface area contributed by atoms with Gasteiger partial charge in [0.2, 0.25) is 0 Å². The van der Waals surface area contributed by atoms with Gasteiger partial charge in [0.25, 0.3) is 0 Å². The first kappa shape index (κ1) is 15.8. The molecule has 2 heterocycles. The first-order valence-corrected chi connectivity index (χ1v) is 7.64. The van der Waals surface area contributed by atoms with Crippen molar-refractivity contribution in [1.82, 2.24) is 20.2 Å². The van der Waals surface area contributed by atoms with E-state index in [1.807, 2.05) is 31.9 Å². The molecule has 2 N–H and O–H groups in total. The summed E-state index contributed by atoms with van der Waals surface area (Å²) >= 11 is 0.